The molecule has 0 aliphatic heterocycles. The van der Waals surface area contributed by atoms with Gasteiger partial charge in [0.15, 0.2) is 0 Å². The van der Waals surface area contributed by atoms with E-state index >= 15 is 0 Å². The maximum atomic E-state index is 10.8. The van der Waals surface area contributed by atoms with E-state index in [0.717, 1.165) is 0 Å². The van der Waals surface area contributed by atoms with Crippen LogP contribution in [0.15, 0.2) is 0 Å². The number of hydrogen-bond acceptors (Lipinski definition) is 3. The van der Waals surface area contributed by atoms with Crippen molar-refractivity contribution < 1.29 is 4.79 Å². The normalized spacial score (nSPS) is 11.4. The third-order valence-corrected chi connectivity index (χ3v) is 1.36. The molecule has 4 nitrogen and oxygen atoms in total. The van der Waals surface area contributed by atoms with Gasteiger partial charge in [0, 0.05) is 0 Å². The lowest BCUT2D eigenvalue weighted by Crippen LogP contribution is -2.37. The number of rotatable bonds is 3. The molecule has 64 valence electrons. The maximum absolute atomic E-state index is 10.8. The van der Waals surface area contributed by atoms with Gasteiger partial charge >= 0.3 is 0 Å². The van der Waals surface area contributed by atoms with E-state index < -0.39 is 11.9 Å². The Kier molecular flexibility index (Phi) is 4.48. The number of carbonyl (C=O) groups excluding carboxylic acids is 1. The Morgan fingerprint density at radius 3 is 2.42 bits per heavy atom. The minimum absolute atomic E-state index is 0.0673. The Morgan fingerprint density at radius 1 is 1.50 bits per heavy atom. The van der Waals surface area contributed by atoms with Crippen LogP contribution in [-0.2, 0) is 4.79 Å². The van der Waals surface area contributed by atoms with Crippen LogP contribution in [0.2, 0.25) is 0 Å². The van der Waals surface area contributed by atoms with Gasteiger partial charge in [-0.25, -0.2) is 0 Å². The van der Waals surface area contributed by atoms with Crippen LogP contribution in [0.4, 0.5) is 0 Å². The predicted molar refractivity (Wildman–Crippen MR) is 42.6 cm³/mol. The maximum Gasteiger partial charge on any atom is 0.235 e. The Morgan fingerprint density at radius 2 is 2.08 bits per heavy atom. The fraction of sp³-hybridized carbons (Fsp3) is 0.625. The van der Waals surface area contributed by atoms with Crippen LogP contribution in [0.3, 0.4) is 0 Å². The molecule has 0 unspecified atom stereocenters. The summed E-state index contributed by atoms with van der Waals surface area (Å²) < 4.78 is 0. The molecule has 0 fully saturated rings. The molecule has 0 spiro atoms. The number of nitrogens with zero attached hydrogens (tertiary/aromatic N) is 2. The van der Waals surface area contributed by atoms with Gasteiger partial charge in [0.1, 0.15) is 12.5 Å². The lowest BCUT2D eigenvalue weighted by molar-refractivity contribution is -0.120. The van der Waals surface area contributed by atoms with E-state index in [-0.39, 0.29) is 12.3 Å². The van der Waals surface area contributed by atoms with Crippen LogP contribution in [0.5, 0.6) is 0 Å². The van der Waals surface area contributed by atoms with E-state index in [1.54, 1.807) is 6.07 Å². The van der Waals surface area contributed by atoms with Gasteiger partial charge in [0.25, 0.3) is 0 Å². The first kappa shape index (κ1) is 10.4. The van der Waals surface area contributed by atoms with E-state index in [1.165, 1.54) is 0 Å². The van der Waals surface area contributed by atoms with E-state index in [1.807, 2.05) is 19.9 Å². The quantitative estimate of drug-likeness (QED) is 0.663. The van der Waals surface area contributed by atoms with Crippen molar-refractivity contribution in [2.45, 2.75) is 26.3 Å². The first-order chi connectivity index (χ1) is 5.61. The Balaban J connectivity index is 3.99. The van der Waals surface area contributed by atoms with Crippen LogP contribution >= 0.6 is 0 Å². The van der Waals surface area contributed by atoms with Gasteiger partial charge in [-0.3, -0.25) is 4.79 Å². The Hall–Kier alpha value is -1.55. The van der Waals surface area contributed by atoms with Gasteiger partial charge in [-0.2, -0.15) is 10.5 Å². The zero-order valence-electron chi connectivity index (χ0n) is 7.16. The van der Waals surface area contributed by atoms with Crippen LogP contribution in [0.25, 0.3) is 0 Å². The Bertz CT molecular complexity index is 234. The molecule has 1 amide bonds. The van der Waals surface area contributed by atoms with E-state index in [0.29, 0.717) is 0 Å². The largest absolute Gasteiger partial charge is 0.339 e. The van der Waals surface area contributed by atoms with Gasteiger partial charge in [-0.1, -0.05) is 13.8 Å². The molecule has 0 aliphatic rings. The molecule has 1 atom stereocenters. The number of amides is 1. The zero-order valence-corrected chi connectivity index (χ0v) is 7.16. The zero-order chi connectivity index (χ0) is 9.56. The number of hydrogen-bond donors (Lipinski definition) is 1. The van der Waals surface area contributed by atoms with Crippen molar-refractivity contribution >= 4 is 5.91 Å². The van der Waals surface area contributed by atoms with Crippen molar-refractivity contribution in [1.82, 2.24) is 5.32 Å². The van der Waals surface area contributed by atoms with Crippen molar-refractivity contribution in [2.75, 3.05) is 0 Å². The van der Waals surface area contributed by atoms with E-state index in [9.17, 15) is 4.79 Å². The molecular formula is C8H11N3O. The lowest BCUT2D eigenvalue weighted by atomic mass is 10.1. The van der Waals surface area contributed by atoms with E-state index in [2.05, 4.69) is 5.32 Å². The summed E-state index contributed by atoms with van der Waals surface area (Å²) in [5.74, 6) is -0.324. The summed E-state index contributed by atoms with van der Waals surface area (Å²) in [6.45, 7) is 3.67. The first-order valence-corrected chi connectivity index (χ1v) is 3.67. The topological polar surface area (TPSA) is 76.7 Å². The summed E-state index contributed by atoms with van der Waals surface area (Å²) >= 11 is 0. The smallest absolute Gasteiger partial charge is 0.235 e. The molecule has 0 aromatic carbocycles. The third-order valence-electron chi connectivity index (χ3n) is 1.36. The number of carbonyl (C=O) groups is 1. The van der Waals surface area contributed by atoms with Crippen molar-refractivity contribution in [3.63, 3.8) is 0 Å². The standard InChI is InChI=1S/C8H11N3O/c1-6(2)7(5-10)11-8(12)3-4-9/h6-7H,3H2,1-2H3,(H,11,12)/t7-/m0/s1. The molecule has 0 rings (SSSR count). The van der Waals surface area contributed by atoms with Crippen molar-refractivity contribution in [3.05, 3.63) is 0 Å². The summed E-state index contributed by atoms with van der Waals surface area (Å²) in [7, 11) is 0. The second-order valence-corrected chi connectivity index (χ2v) is 2.75. The predicted octanol–water partition coefficient (Wildman–Crippen LogP) is 0.564. The van der Waals surface area contributed by atoms with Gasteiger partial charge in [-0.05, 0) is 5.92 Å². The fourth-order valence-electron chi connectivity index (χ4n) is 0.644. The molecule has 12 heavy (non-hydrogen) atoms. The van der Waals surface area contributed by atoms with Gasteiger partial charge in [0.2, 0.25) is 5.91 Å². The minimum Gasteiger partial charge on any atom is -0.339 e. The lowest BCUT2D eigenvalue weighted by Gasteiger charge is -2.13. The van der Waals surface area contributed by atoms with Crippen molar-refractivity contribution in [2.24, 2.45) is 5.92 Å². The van der Waals surface area contributed by atoms with Gasteiger partial charge < -0.3 is 5.32 Å². The molecule has 0 saturated carbocycles. The minimum atomic E-state index is -0.495. The highest BCUT2D eigenvalue weighted by molar-refractivity contribution is 5.78. The van der Waals surface area contributed by atoms with E-state index in [4.69, 9.17) is 10.5 Å². The molecule has 1 N–H and O–H groups in total. The summed E-state index contributed by atoms with van der Waals surface area (Å²) in [5, 5.41) is 19.2. The third kappa shape index (κ3) is 3.58. The highest BCUT2D eigenvalue weighted by Gasteiger charge is 2.14. The molecule has 0 aliphatic carbocycles. The van der Waals surface area contributed by atoms with Crippen molar-refractivity contribution in [1.29, 1.82) is 10.5 Å². The van der Waals surface area contributed by atoms with Crippen LogP contribution in [0.1, 0.15) is 20.3 Å². The second-order valence-electron chi connectivity index (χ2n) is 2.75. The highest BCUT2D eigenvalue weighted by Crippen LogP contribution is 1.99. The van der Waals surface area contributed by atoms with Crippen molar-refractivity contribution in [3.8, 4) is 12.1 Å². The fourth-order valence-corrected chi connectivity index (χ4v) is 0.644. The average molecular weight is 165 g/mol. The molecule has 0 radical (unpaired) electrons. The molecular weight excluding hydrogens is 154 g/mol. The molecule has 0 bridgehead atoms. The summed E-state index contributed by atoms with van der Waals surface area (Å²) in [6.07, 6.45) is -0.190. The highest BCUT2D eigenvalue weighted by atomic mass is 16.1. The van der Waals surface area contributed by atoms with Crippen LogP contribution in [0, 0.1) is 28.6 Å². The second kappa shape index (κ2) is 5.15. The first-order valence-electron chi connectivity index (χ1n) is 3.67. The molecule has 0 heterocycles. The SMILES string of the molecule is CC(C)[C@H](C#N)NC(=O)CC#N. The molecule has 0 saturated heterocycles. The summed E-state index contributed by atoms with van der Waals surface area (Å²) in [6, 6.07) is 3.17. The number of nitriles is 2. The monoisotopic (exact) mass is 165 g/mol. The summed E-state index contributed by atoms with van der Waals surface area (Å²) in [5.41, 5.74) is 0. The average Bonchev–Trinajstić information content (AvgIpc) is 2.00. The molecule has 0 aromatic heterocycles. The number of nitrogens with one attached hydrogen (secondary N) is 1. The van der Waals surface area contributed by atoms with Crippen LogP contribution < -0.4 is 5.32 Å². The van der Waals surface area contributed by atoms with Gasteiger partial charge in [-0.15, -0.1) is 0 Å². The molecule has 4 heteroatoms. The molecule has 0 aromatic rings. The van der Waals surface area contributed by atoms with Crippen LogP contribution in [-0.4, -0.2) is 11.9 Å². The van der Waals surface area contributed by atoms with Gasteiger partial charge in [0.05, 0.1) is 12.1 Å². The summed E-state index contributed by atoms with van der Waals surface area (Å²) in [4.78, 5) is 10.8. The Labute approximate surface area is 71.8 Å².